The molecule has 0 aliphatic rings. The van der Waals surface area contributed by atoms with E-state index in [1.54, 1.807) is 40.5 Å². The Morgan fingerprint density at radius 1 is 1.16 bits per heavy atom. The average molecular weight is 424 g/mol. The zero-order valence-electron chi connectivity index (χ0n) is 13.0. The molecule has 8 heteroatoms. The largest absolute Gasteiger partial charge is 0.238 e. The van der Waals surface area contributed by atoms with Gasteiger partial charge in [0.15, 0.2) is 0 Å². The van der Waals surface area contributed by atoms with Crippen molar-refractivity contribution in [2.45, 2.75) is 17.7 Å². The fourth-order valence-corrected chi connectivity index (χ4v) is 5.62. The molecule has 1 aromatic carbocycles. The number of benzene rings is 1. The fraction of sp³-hybridized carbons (Fsp3) is 0.118. The van der Waals surface area contributed by atoms with E-state index < -0.39 is 0 Å². The number of hydrogen-bond acceptors (Lipinski definition) is 6. The number of nitrogens with zero attached hydrogens (tertiary/aromatic N) is 3. The van der Waals surface area contributed by atoms with E-state index in [-0.39, 0.29) is 0 Å². The molecular weight excluding hydrogens is 413 g/mol. The van der Waals surface area contributed by atoms with E-state index in [9.17, 15) is 0 Å². The first-order valence-electron chi connectivity index (χ1n) is 7.36. The molecule has 0 aliphatic heterocycles. The lowest BCUT2D eigenvalue weighted by molar-refractivity contribution is 0.957. The molecule has 0 spiro atoms. The van der Waals surface area contributed by atoms with Crippen LogP contribution in [0.2, 0.25) is 10.0 Å². The van der Waals surface area contributed by atoms with Gasteiger partial charge in [-0.2, -0.15) is 0 Å². The van der Waals surface area contributed by atoms with Crippen LogP contribution in [-0.2, 0) is 5.75 Å². The Morgan fingerprint density at radius 3 is 2.80 bits per heavy atom. The Hall–Kier alpha value is -1.18. The second-order valence-electron chi connectivity index (χ2n) is 5.27. The van der Waals surface area contributed by atoms with Crippen molar-refractivity contribution < 1.29 is 0 Å². The molecule has 0 amide bonds. The quantitative estimate of drug-likeness (QED) is 0.341. The van der Waals surface area contributed by atoms with E-state index in [2.05, 4.69) is 21.2 Å². The first kappa shape index (κ1) is 17.2. The summed E-state index contributed by atoms with van der Waals surface area (Å²) in [5, 5.41) is 14.1. The van der Waals surface area contributed by atoms with Crippen molar-refractivity contribution in [3.05, 3.63) is 56.3 Å². The Bertz CT molecular complexity index is 1040. The van der Waals surface area contributed by atoms with Crippen LogP contribution in [-0.4, -0.2) is 15.2 Å². The number of halogens is 2. The summed E-state index contributed by atoms with van der Waals surface area (Å²) in [6.07, 6.45) is 0. The van der Waals surface area contributed by atoms with Crippen LogP contribution in [0.4, 0.5) is 0 Å². The SMILES string of the molecule is Cc1nc2c(SCc3ccc(Cl)cc3Cl)nnc(-c3cccs3)c2s1. The summed E-state index contributed by atoms with van der Waals surface area (Å²) in [7, 11) is 0. The maximum absolute atomic E-state index is 6.26. The van der Waals surface area contributed by atoms with Gasteiger partial charge in [-0.3, -0.25) is 0 Å². The van der Waals surface area contributed by atoms with Crippen molar-refractivity contribution in [3.63, 3.8) is 0 Å². The molecule has 4 aromatic rings. The molecule has 0 atom stereocenters. The van der Waals surface area contributed by atoms with Crippen LogP contribution in [0.3, 0.4) is 0 Å². The zero-order chi connectivity index (χ0) is 17.4. The first-order chi connectivity index (χ1) is 12.1. The molecule has 0 saturated carbocycles. The molecule has 0 saturated heterocycles. The van der Waals surface area contributed by atoms with E-state index in [1.807, 2.05) is 30.5 Å². The summed E-state index contributed by atoms with van der Waals surface area (Å²) in [5.74, 6) is 0.689. The van der Waals surface area contributed by atoms with Crippen LogP contribution in [0, 0.1) is 6.92 Å². The van der Waals surface area contributed by atoms with Crippen molar-refractivity contribution in [1.82, 2.24) is 15.2 Å². The molecule has 0 aliphatic carbocycles. The number of aryl methyl sites for hydroxylation is 1. The van der Waals surface area contributed by atoms with Crippen LogP contribution in [0.25, 0.3) is 20.8 Å². The van der Waals surface area contributed by atoms with Gasteiger partial charge in [0.2, 0.25) is 0 Å². The summed E-state index contributed by atoms with van der Waals surface area (Å²) in [6.45, 7) is 2.01. The number of fused-ring (bicyclic) bond motifs is 1. The van der Waals surface area contributed by atoms with Gasteiger partial charge in [-0.05, 0) is 36.1 Å². The van der Waals surface area contributed by atoms with Crippen LogP contribution in [0.15, 0.2) is 40.7 Å². The number of thiazole rings is 1. The highest BCUT2D eigenvalue weighted by Gasteiger charge is 2.16. The summed E-state index contributed by atoms with van der Waals surface area (Å²) >= 11 is 17.1. The van der Waals surface area contributed by atoms with Crippen molar-refractivity contribution in [2.75, 3.05) is 0 Å². The molecule has 4 rings (SSSR count). The Kier molecular flexibility index (Phi) is 4.97. The van der Waals surface area contributed by atoms with E-state index in [4.69, 9.17) is 23.2 Å². The minimum atomic E-state index is 0.636. The number of rotatable bonds is 4. The molecule has 3 nitrogen and oxygen atoms in total. The van der Waals surface area contributed by atoms with E-state index in [0.717, 1.165) is 36.4 Å². The van der Waals surface area contributed by atoms with E-state index >= 15 is 0 Å². The Balaban J connectivity index is 1.70. The van der Waals surface area contributed by atoms with Crippen LogP contribution >= 0.6 is 57.6 Å². The molecule has 0 unspecified atom stereocenters. The maximum atomic E-state index is 6.26. The predicted octanol–water partition coefficient (Wildman–Crippen LogP) is 6.72. The van der Waals surface area contributed by atoms with Crippen molar-refractivity contribution in [1.29, 1.82) is 0 Å². The summed E-state index contributed by atoms with van der Waals surface area (Å²) < 4.78 is 1.08. The van der Waals surface area contributed by atoms with E-state index in [0.29, 0.717) is 15.8 Å². The third-order valence-corrected chi connectivity index (χ3v) is 6.97. The topological polar surface area (TPSA) is 38.7 Å². The molecule has 3 heterocycles. The van der Waals surface area contributed by atoms with Gasteiger partial charge in [-0.1, -0.05) is 47.1 Å². The van der Waals surface area contributed by atoms with Crippen LogP contribution < -0.4 is 0 Å². The second-order valence-corrected chi connectivity index (χ2v) is 9.22. The molecule has 126 valence electrons. The lowest BCUT2D eigenvalue weighted by Gasteiger charge is -2.06. The second kappa shape index (κ2) is 7.21. The summed E-state index contributed by atoms with van der Waals surface area (Å²) in [5.41, 5.74) is 2.83. The molecule has 0 radical (unpaired) electrons. The maximum Gasteiger partial charge on any atom is 0.146 e. The van der Waals surface area contributed by atoms with Gasteiger partial charge in [-0.15, -0.1) is 32.9 Å². The molecule has 0 fully saturated rings. The monoisotopic (exact) mass is 423 g/mol. The fourth-order valence-electron chi connectivity index (χ4n) is 2.38. The molecular formula is C17H11Cl2N3S3. The molecule has 0 bridgehead atoms. The summed E-state index contributed by atoms with van der Waals surface area (Å²) in [6, 6.07) is 9.62. The molecule has 3 aromatic heterocycles. The minimum absolute atomic E-state index is 0.636. The smallest absolute Gasteiger partial charge is 0.146 e. The van der Waals surface area contributed by atoms with Gasteiger partial charge in [0, 0.05) is 15.8 Å². The van der Waals surface area contributed by atoms with Gasteiger partial charge in [0.05, 0.1) is 14.6 Å². The minimum Gasteiger partial charge on any atom is -0.238 e. The third-order valence-electron chi connectivity index (χ3n) is 3.53. The highest BCUT2D eigenvalue weighted by molar-refractivity contribution is 7.98. The van der Waals surface area contributed by atoms with Crippen LogP contribution in [0.5, 0.6) is 0 Å². The summed E-state index contributed by atoms with van der Waals surface area (Å²) in [4.78, 5) is 5.79. The normalized spacial score (nSPS) is 11.3. The number of thioether (sulfide) groups is 1. The first-order valence-corrected chi connectivity index (χ1v) is 10.8. The van der Waals surface area contributed by atoms with Gasteiger partial charge >= 0.3 is 0 Å². The highest BCUT2D eigenvalue weighted by atomic mass is 35.5. The number of hydrogen-bond donors (Lipinski definition) is 0. The highest BCUT2D eigenvalue weighted by Crippen LogP contribution is 2.38. The average Bonchev–Trinajstić information content (AvgIpc) is 3.23. The van der Waals surface area contributed by atoms with Gasteiger partial charge in [0.25, 0.3) is 0 Å². The van der Waals surface area contributed by atoms with Crippen LogP contribution in [0.1, 0.15) is 10.6 Å². The van der Waals surface area contributed by atoms with Gasteiger partial charge < -0.3 is 0 Å². The molecule has 0 N–H and O–H groups in total. The van der Waals surface area contributed by atoms with Crippen molar-refractivity contribution in [3.8, 4) is 10.6 Å². The van der Waals surface area contributed by atoms with Gasteiger partial charge in [-0.25, -0.2) is 4.98 Å². The lowest BCUT2D eigenvalue weighted by atomic mass is 10.2. The van der Waals surface area contributed by atoms with E-state index in [1.165, 1.54) is 0 Å². The third kappa shape index (κ3) is 3.55. The Morgan fingerprint density at radius 2 is 2.04 bits per heavy atom. The Labute approximate surface area is 167 Å². The lowest BCUT2D eigenvalue weighted by Crippen LogP contribution is -1.92. The van der Waals surface area contributed by atoms with Gasteiger partial charge in [0.1, 0.15) is 16.2 Å². The predicted molar refractivity (Wildman–Crippen MR) is 109 cm³/mol. The number of thiophene rings is 1. The zero-order valence-corrected chi connectivity index (χ0v) is 17.0. The molecule has 25 heavy (non-hydrogen) atoms. The standard InChI is InChI=1S/C17H11Cl2N3S3/c1-9-20-15-16(25-9)14(13-3-2-6-23-13)21-22-17(15)24-8-10-4-5-11(18)7-12(10)19/h2-7H,8H2,1H3. The van der Waals surface area contributed by atoms with Crippen molar-refractivity contribution >= 4 is 67.9 Å². The number of aromatic nitrogens is 3. The van der Waals surface area contributed by atoms with Crippen molar-refractivity contribution in [2.24, 2.45) is 0 Å².